The molecule has 0 aliphatic rings. The molecule has 42 heavy (non-hydrogen) atoms. The fraction of sp³-hybridized carbons (Fsp3) is 0.333. The quantitative estimate of drug-likeness (QED) is 0.229. The summed E-state index contributed by atoms with van der Waals surface area (Å²) in [5.41, 5.74) is 0.825. The molecule has 3 rings (SSSR count). The third kappa shape index (κ3) is 7.84. The van der Waals surface area contributed by atoms with Gasteiger partial charge in [-0.05, 0) is 55.7 Å². The second-order valence-corrected chi connectivity index (χ2v) is 12.1. The van der Waals surface area contributed by atoms with E-state index in [1.165, 1.54) is 43.2 Å². The highest BCUT2D eigenvalue weighted by Gasteiger charge is 2.33. The van der Waals surface area contributed by atoms with Gasteiger partial charge in [-0.3, -0.25) is 24.0 Å². The maximum Gasteiger partial charge on any atom is 0.273 e. The Morgan fingerprint density at radius 1 is 1.00 bits per heavy atom. The van der Waals surface area contributed by atoms with Crippen molar-refractivity contribution in [3.63, 3.8) is 0 Å². The van der Waals surface area contributed by atoms with Crippen molar-refractivity contribution in [3.05, 3.63) is 94.0 Å². The molecule has 0 bridgehead atoms. The van der Waals surface area contributed by atoms with Gasteiger partial charge in [0.15, 0.2) is 0 Å². The van der Waals surface area contributed by atoms with E-state index in [9.17, 15) is 28.1 Å². The number of nitrogens with zero attached hydrogens (tertiary/aromatic N) is 3. The molecule has 224 valence electrons. The van der Waals surface area contributed by atoms with Gasteiger partial charge in [-0.1, -0.05) is 50.2 Å². The second-order valence-electron chi connectivity index (χ2n) is 10.2. The van der Waals surface area contributed by atoms with Crippen LogP contribution in [0.3, 0.4) is 0 Å². The van der Waals surface area contributed by atoms with Crippen molar-refractivity contribution in [3.8, 4) is 5.75 Å². The standard InChI is InChI=1S/C30H36N4O7S/c1-21(2)18-31-30(36)23(4)32(19-24-9-7-6-8-10-24)29(35)20-33(25-12-14-26(41-5)15-13-25)42(39,40)27-16-11-22(3)28(17-27)34(37)38/h6-17,21,23H,18-20H2,1-5H3,(H,31,36). The van der Waals surface area contributed by atoms with Crippen molar-refractivity contribution in [1.29, 1.82) is 0 Å². The zero-order chi connectivity index (χ0) is 31.0. The van der Waals surface area contributed by atoms with Gasteiger partial charge in [0, 0.05) is 24.7 Å². The molecular weight excluding hydrogens is 560 g/mol. The van der Waals surface area contributed by atoms with Gasteiger partial charge in [0.1, 0.15) is 18.3 Å². The maximum absolute atomic E-state index is 14.0. The molecule has 1 atom stereocenters. The van der Waals surface area contributed by atoms with E-state index in [1.54, 1.807) is 31.2 Å². The van der Waals surface area contributed by atoms with Crippen molar-refractivity contribution < 1.29 is 27.7 Å². The maximum atomic E-state index is 14.0. The minimum absolute atomic E-state index is 0.0580. The summed E-state index contributed by atoms with van der Waals surface area (Å²) in [6.45, 7) is 6.80. The average molecular weight is 597 g/mol. The lowest BCUT2D eigenvalue weighted by molar-refractivity contribution is -0.385. The Morgan fingerprint density at radius 3 is 2.21 bits per heavy atom. The number of nitrogens with one attached hydrogen (secondary N) is 1. The molecule has 0 saturated carbocycles. The van der Waals surface area contributed by atoms with Gasteiger partial charge >= 0.3 is 0 Å². The summed E-state index contributed by atoms with van der Waals surface area (Å²) in [5.74, 6) is -0.351. The summed E-state index contributed by atoms with van der Waals surface area (Å²) in [6, 6.07) is 17.8. The summed E-state index contributed by atoms with van der Waals surface area (Å²) < 4.78 is 34.1. The summed E-state index contributed by atoms with van der Waals surface area (Å²) in [6.07, 6.45) is 0. The average Bonchev–Trinajstić information content (AvgIpc) is 2.97. The van der Waals surface area contributed by atoms with E-state index in [1.807, 2.05) is 32.0 Å². The van der Waals surface area contributed by atoms with Gasteiger partial charge in [-0.25, -0.2) is 8.42 Å². The molecular formula is C30H36N4O7S. The van der Waals surface area contributed by atoms with E-state index in [0.29, 0.717) is 17.9 Å². The molecule has 1 N–H and O–H groups in total. The van der Waals surface area contributed by atoms with Crippen LogP contribution in [0, 0.1) is 23.0 Å². The number of carbonyl (C=O) groups excluding carboxylic acids is 2. The van der Waals surface area contributed by atoms with Crippen LogP contribution in [0.4, 0.5) is 11.4 Å². The predicted octanol–water partition coefficient (Wildman–Crippen LogP) is 4.30. The van der Waals surface area contributed by atoms with E-state index in [4.69, 9.17) is 4.74 Å². The normalized spacial score (nSPS) is 12.0. The first-order chi connectivity index (χ1) is 19.8. The van der Waals surface area contributed by atoms with E-state index in [-0.39, 0.29) is 34.6 Å². The van der Waals surface area contributed by atoms with Crippen LogP contribution in [0.15, 0.2) is 77.7 Å². The molecule has 0 saturated heterocycles. The Morgan fingerprint density at radius 2 is 1.64 bits per heavy atom. The number of rotatable bonds is 13. The Bertz CT molecular complexity index is 1510. The highest BCUT2D eigenvalue weighted by molar-refractivity contribution is 7.92. The van der Waals surface area contributed by atoms with Crippen molar-refractivity contribution in [1.82, 2.24) is 10.2 Å². The smallest absolute Gasteiger partial charge is 0.273 e. The Kier molecular flexibility index (Phi) is 10.6. The fourth-order valence-corrected chi connectivity index (χ4v) is 5.60. The van der Waals surface area contributed by atoms with E-state index in [0.717, 1.165) is 15.9 Å². The van der Waals surface area contributed by atoms with Gasteiger partial charge in [-0.15, -0.1) is 0 Å². The van der Waals surface area contributed by atoms with Crippen molar-refractivity contribution in [2.75, 3.05) is 24.5 Å². The number of nitro groups is 1. The third-order valence-electron chi connectivity index (χ3n) is 6.65. The minimum atomic E-state index is -4.48. The summed E-state index contributed by atoms with van der Waals surface area (Å²) in [7, 11) is -3.01. The second kappa shape index (κ2) is 13.9. The van der Waals surface area contributed by atoms with E-state index >= 15 is 0 Å². The van der Waals surface area contributed by atoms with Gasteiger partial charge in [-0.2, -0.15) is 0 Å². The molecule has 11 nitrogen and oxygen atoms in total. The molecule has 0 aliphatic heterocycles. The van der Waals surface area contributed by atoms with Gasteiger partial charge in [0.25, 0.3) is 15.7 Å². The van der Waals surface area contributed by atoms with E-state index in [2.05, 4.69) is 5.32 Å². The Labute approximate surface area is 246 Å². The Hall–Kier alpha value is -4.45. The monoisotopic (exact) mass is 596 g/mol. The number of aryl methyl sites for hydroxylation is 1. The van der Waals surface area contributed by atoms with Crippen LogP contribution in [0.2, 0.25) is 0 Å². The number of methoxy groups -OCH3 is 1. The van der Waals surface area contributed by atoms with Gasteiger partial charge < -0.3 is 15.0 Å². The summed E-state index contributed by atoms with van der Waals surface area (Å²) in [5, 5.41) is 14.4. The molecule has 3 aromatic rings. The van der Waals surface area contributed by atoms with Crippen LogP contribution in [0.1, 0.15) is 31.9 Å². The van der Waals surface area contributed by atoms with Crippen LogP contribution < -0.4 is 14.4 Å². The van der Waals surface area contributed by atoms with Gasteiger partial charge in [0.05, 0.1) is 22.6 Å². The highest BCUT2D eigenvalue weighted by atomic mass is 32.2. The zero-order valence-corrected chi connectivity index (χ0v) is 25.1. The first kappa shape index (κ1) is 32.1. The molecule has 0 aliphatic carbocycles. The lowest BCUT2D eigenvalue weighted by atomic mass is 10.1. The number of hydrogen-bond acceptors (Lipinski definition) is 7. The van der Waals surface area contributed by atoms with Gasteiger partial charge in [0.2, 0.25) is 11.8 Å². The largest absolute Gasteiger partial charge is 0.497 e. The molecule has 0 fully saturated rings. The molecule has 3 aromatic carbocycles. The summed E-state index contributed by atoms with van der Waals surface area (Å²) >= 11 is 0. The fourth-order valence-electron chi connectivity index (χ4n) is 4.17. The molecule has 0 heterocycles. The van der Waals surface area contributed by atoms with Crippen molar-refractivity contribution in [2.45, 2.75) is 45.2 Å². The molecule has 0 spiro atoms. The first-order valence-corrected chi connectivity index (χ1v) is 14.8. The number of ether oxygens (including phenoxy) is 1. The number of benzene rings is 3. The zero-order valence-electron chi connectivity index (χ0n) is 24.3. The number of sulfonamides is 1. The number of carbonyl (C=O) groups is 2. The van der Waals surface area contributed by atoms with E-state index < -0.39 is 33.4 Å². The summed E-state index contributed by atoms with van der Waals surface area (Å²) in [4.78, 5) is 38.9. The molecule has 0 radical (unpaired) electrons. The highest BCUT2D eigenvalue weighted by Crippen LogP contribution is 2.29. The number of anilines is 1. The molecule has 0 aromatic heterocycles. The third-order valence-corrected chi connectivity index (χ3v) is 8.42. The van der Waals surface area contributed by atoms with Crippen LogP contribution >= 0.6 is 0 Å². The van der Waals surface area contributed by atoms with Crippen LogP contribution in [-0.4, -0.2) is 56.3 Å². The number of nitro benzene ring substituents is 1. The van der Waals surface area contributed by atoms with Crippen LogP contribution in [-0.2, 0) is 26.2 Å². The molecule has 12 heteroatoms. The molecule has 1 unspecified atom stereocenters. The number of amides is 2. The Balaban J connectivity index is 2.06. The predicted molar refractivity (Wildman–Crippen MR) is 160 cm³/mol. The molecule has 2 amide bonds. The number of hydrogen-bond donors (Lipinski definition) is 1. The first-order valence-electron chi connectivity index (χ1n) is 13.4. The topological polar surface area (TPSA) is 139 Å². The van der Waals surface area contributed by atoms with Crippen LogP contribution in [0.5, 0.6) is 5.75 Å². The SMILES string of the molecule is COc1ccc(N(CC(=O)N(Cc2ccccc2)C(C)C(=O)NCC(C)C)S(=O)(=O)c2ccc(C)c([N+](=O)[O-])c2)cc1. The minimum Gasteiger partial charge on any atom is -0.497 e. The van der Waals surface area contributed by atoms with Crippen LogP contribution in [0.25, 0.3) is 0 Å². The van der Waals surface area contributed by atoms with Crippen molar-refractivity contribution in [2.24, 2.45) is 5.92 Å². The lowest BCUT2D eigenvalue weighted by Gasteiger charge is -2.32. The lowest BCUT2D eigenvalue weighted by Crippen LogP contribution is -2.51. The van der Waals surface area contributed by atoms with Crippen molar-refractivity contribution >= 4 is 33.2 Å².